The molecule has 9 nitrogen and oxygen atoms in total. The molecule has 1 aliphatic rings. The molecule has 9 heteroatoms. The summed E-state index contributed by atoms with van der Waals surface area (Å²) in [4.78, 5) is 40.0. The van der Waals surface area contributed by atoms with E-state index in [0.29, 0.717) is 54.2 Å². The van der Waals surface area contributed by atoms with E-state index in [1.54, 1.807) is 41.5 Å². The number of rotatable bonds is 6. The summed E-state index contributed by atoms with van der Waals surface area (Å²) in [6, 6.07) is 8.90. The lowest BCUT2D eigenvalue weighted by Crippen LogP contribution is -2.40. The van der Waals surface area contributed by atoms with Gasteiger partial charge in [0.2, 0.25) is 11.7 Å². The molecule has 2 aromatic heterocycles. The highest BCUT2D eigenvalue weighted by molar-refractivity contribution is 6.10. The number of fused-ring (bicyclic) bond motifs is 1. The van der Waals surface area contributed by atoms with Crippen LogP contribution in [-0.2, 0) is 20.8 Å². The fraction of sp³-hybridized carbons (Fsp3) is 0.375. The van der Waals surface area contributed by atoms with Crippen LogP contribution in [0.15, 0.2) is 34.7 Å². The normalized spacial score (nSPS) is 13.8. The van der Waals surface area contributed by atoms with Crippen molar-refractivity contribution >= 4 is 34.4 Å². The molecule has 0 saturated carbocycles. The Labute approximate surface area is 191 Å². The first-order valence-corrected chi connectivity index (χ1v) is 10.9. The average molecular weight is 453 g/mol. The maximum absolute atomic E-state index is 13.1. The van der Waals surface area contributed by atoms with Gasteiger partial charge in [-0.15, -0.1) is 0 Å². The first kappa shape index (κ1) is 22.6. The first-order chi connectivity index (χ1) is 15.9. The summed E-state index contributed by atoms with van der Waals surface area (Å²) in [6.45, 7) is 7.43. The van der Waals surface area contributed by atoms with Crippen LogP contribution in [-0.4, -0.2) is 60.2 Å². The Balaban J connectivity index is 1.61. The molecule has 174 valence electrons. The van der Waals surface area contributed by atoms with Gasteiger partial charge in [0.15, 0.2) is 0 Å². The molecule has 4 rings (SSSR count). The lowest BCUT2D eigenvalue weighted by Gasteiger charge is -2.26. The third-order valence-electron chi connectivity index (χ3n) is 5.72. The number of morpholine rings is 1. The molecule has 0 bridgehead atoms. The highest BCUT2D eigenvalue weighted by Crippen LogP contribution is 2.32. The standard InChI is InChI=1S/C24H27N3O6/c1-4-32-24(30)18-13-15(2)27(16(18)3)14-20(28)25-21-17-7-5-6-8-19(17)33-22(21)23(29)26-9-11-31-12-10-26/h5-8,13H,4,9-12,14H2,1-3H3,(H,25,28). The van der Waals surface area contributed by atoms with Gasteiger partial charge in [-0.05, 0) is 39.0 Å². The van der Waals surface area contributed by atoms with Gasteiger partial charge in [-0.1, -0.05) is 12.1 Å². The maximum atomic E-state index is 13.1. The molecular formula is C24H27N3O6. The number of esters is 1. The predicted molar refractivity (Wildman–Crippen MR) is 121 cm³/mol. The van der Waals surface area contributed by atoms with Crippen LogP contribution in [0.4, 0.5) is 5.69 Å². The number of carbonyl (C=O) groups excluding carboxylic acids is 3. The number of aromatic nitrogens is 1. The Morgan fingerprint density at radius 2 is 1.85 bits per heavy atom. The molecule has 1 aromatic carbocycles. The molecule has 3 heterocycles. The van der Waals surface area contributed by atoms with Gasteiger partial charge in [0.1, 0.15) is 17.8 Å². The number of carbonyl (C=O) groups is 3. The van der Waals surface area contributed by atoms with Crippen molar-refractivity contribution in [1.82, 2.24) is 9.47 Å². The number of hydrogen-bond acceptors (Lipinski definition) is 6. The number of furan rings is 1. The smallest absolute Gasteiger partial charge is 0.339 e. The van der Waals surface area contributed by atoms with Crippen LogP contribution < -0.4 is 5.32 Å². The minimum absolute atomic E-state index is 0.0260. The largest absolute Gasteiger partial charge is 0.462 e. The van der Waals surface area contributed by atoms with E-state index < -0.39 is 5.97 Å². The second kappa shape index (κ2) is 9.50. The summed E-state index contributed by atoms with van der Waals surface area (Å²) >= 11 is 0. The van der Waals surface area contributed by atoms with Crippen molar-refractivity contribution in [3.8, 4) is 0 Å². The van der Waals surface area contributed by atoms with Gasteiger partial charge in [0.25, 0.3) is 5.91 Å². The van der Waals surface area contributed by atoms with Gasteiger partial charge < -0.3 is 28.7 Å². The third kappa shape index (κ3) is 4.49. The van der Waals surface area contributed by atoms with Crippen LogP contribution >= 0.6 is 0 Å². The topological polar surface area (TPSA) is 103 Å². The van der Waals surface area contributed by atoms with Gasteiger partial charge in [-0.2, -0.15) is 0 Å². The minimum Gasteiger partial charge on any atom is -0.462 e. The van der Waals surface area contributed by atoms with Gasteiger partial charge in [0, 0.05) is 29.9 Å². The molecule has 1 aliphatic heterocycles. The van der Waals surface area contributed by atoms with E-state index in [0.717, 1.165) is 5.69 Å². The van der Waals surface area contributed by atoms with Crippen molar-refractivity contribution < 1.29 is 28.3 Å². The van der Waals surface area contributed by atoms with E-state index >= 15 is 0 Å². The lowest BCUT2D eigenvalue weighted by atomic mass is 10.2. The molecular weight excluding hydrogens is 426 g/mol. The number of para-hydroxylation sites is 1. The van der Waals surface area contributed by atoms with E-state index in [4.69, 9.17) is 13.9 Å². The maximum Gasteiger partial charge on any atom is 0.339 e. The van der Waals surface area contributed by atoms with Crippen LogP contribution in [0.3, 0.4) is 0 Å². The minimum atomic E-state index is -0.420. The summed E-state index contributed by atoms with van der Waals surface area (Å²) in [5.41, 5.74) is 2.69. The Hall–Kier alpha value is -3.59. The van der Waals surface area contributed by atoms with Crippen molar-refractivity contribution in [2.45, 2.75) is 27.3 Å². The molecule has 0 aliphatic carbocycles. The Morgan fingerprint density at radius 1 is 1.12 bits per heavy atom. The molecule has 0 spiro atoms. The van der Waals surface area contributed by atoms with Crippen molar-refractivity contribution in [2.75, 3.05) is 38.2 Å². The van der Waals surface area contributed by atoms with E-state index in [1.165, 1.54) is 0 Å². The van der Waals surface area contributed by atoms with Gasteiger partial charge in [0.05, 0.1) is 25.4 Å². The number of anilines is 1. The van der Waals surface area contributed by atoms with Crippen LogP contribution in [0.2, 0.25) is 0 Å². The molecule has 3 aromatic rings. The Kier molecular flexibility index (Phi) is 6.50. The summed E-state index contributed by atoms with van der Waals surface area (Å²) in [5.74, 6) is -0.950. The number of nitrogens with one attached hydrogen (secondary N) is 1. The number of amides is 2. The summed E-state index contributed by atoms with van der Waals surface area (Å²) in [7, 11) is 0. The second-order valence-electron chi connectivity index (χ2n) is 7.85. The number of benzene rings is 1. The molecule has 0 radical (unpaired) electrons. The Bertz CT molecular complexity index is 1200. The number of hydrogen-bond donors (Lipinski definition) is 1. The average Bonchev–Trinajstić information content (AvgIpc) is 3.32. The first-order valence-electron chi connectivity index (χ1n) is 10.9. The zero-order valence-corrected chi connectivity index (χ0v) is 19.0. The summed E-state index contributed by atoms with van der Waals surface area (Å²) < 4.78 is 18.0. The fourth-order valence-electron chi connectivity index (χ4n) is 4.01. The van der Waals surface area contributed by atoms with Crippen molar-refractivity contribution in [2.24, 2.45) is 0 Å². The number of ether oxygens (including phenoxy) is 2. The third-order valence-corrected chi connectivity index (χ3v) is 5.72. The molecule has 33 heavy (non-hydrogen) atoms. The zero-order valence-electron chi connectivity index (χ0n) is 19.0. The fourth-order valence-corrected chi connectivity index (χ4v) is 4.01. The molecule has 0 atom stereocenters. The van der Waals surface area contributed by atoms with Gasteiger partial charge >= 0.3 is 5.97 Å². The van der Waals surface area contributed by atoms with Crippen molar-refractivity contribution in [1.29, 1.82) is 0 Å². The van der Waals surface area contributed by atoms with Crippen LogP contribution in [0, 0.1) is 13.8 Å². The van der Waals surface area contributed by atoms with Crippen LogP contribution in [0.25, 0.3) is 11.0 Å². The van der Waals surface area contributed by atoms with Crippen molar-refractivity contribution in [3.63, 3.8) is 0 Å². The lowest BCUT2D eigenvalue weighted by molar-refractivity contribution is -0.116. The van der Waals surface area contributed by atoms with E-state index in [9.17, 15) is 14.4 Å². The van der Waals surface area contributed by atoms with Gasteiger partial charge in [-0.3, -0.25) is 9.59 Å². The summed E-state index contributed by atoms with van der Waals surface area (Å²) in [5, 5.41) is 3.52. The monoisotopic (exact) mass is 453 g/mol. The number of aryl methyl sites for hydroxylation is 1. The van der Waals surface area contributed by atoms with E-state index in [1.807, 2.05) is 19.1 Å². The second-order valence-corrected chi connectivity index (χ2v) is 7.85. The molecule has 1 fully saturated rings. The molecule has 2 amide bonds. The Morgan fingerprint density at radius 3 is 2.58 bits per heavy atom. The van der Waals surface area contributed by atoms with Gasteiger partial charge in [-0.25, -0.2) is 4.79 Å². The predicted octanol–water partition coefficient (Wildman–Crippen LogP) is 3.14. The van der Waals surface area contributed by atoms with Crippen LogP contribution in [0.1, 0.15) is 39.2 Å². The molecule has 0 unspecified atom stereocenters. The quantitative estimate of drug-likeness (QED) is 0.575. The van der Waals surface area contributed by atoms with E-state index in [2.05, 4.69) is 5.32 Å². The van der Waals surface area contributed by atoms with Crippen LogP contribution in [0.5, 0.6) is 0 Å². The highest BCUT2D eigenvalue weighted by atomic mass is 16.5. The number of nitrogens with zero attached hydrogens (tertiary/aromatic N) is 2. The zero-order chi connectivity index (χ0) is 23.5. The summed E-state index contributed by atoms with van der Waals surface area (Å²) in [6.07, 6.45) is 0. The van der Waals surface area contributed by atoms with E-state index in [-0.39, 0.29) is 30.7 Å². The highest BCUT2D eigenvalue weighted by Gasteiger charge is 2.28. The SMILES string of the molecule is CCOC(=O)c1cc(C)n(CC(=O)Nc2c(C(=O)N3CCOCC3)oc3ccccc23)c1C. The van der Waals surface area contributed by atoms with Crippen molar-refractivity contribution in [3.05, 3.63) is 53.0 Å². The molecule has 1 N–H and O–H groups in total. The molecule has 1 saturated heterocycles.